The Morgan fingerprint density at radius 1 is 1.33 bits per heavy atom. The van der Waals surface area contributed by atoms with E-state index in [4.69, 9.17) is 0 Å². The van der Waals surface area contributed by atoms with Crippen LogP contribution in [-0.2, 0) is 4.79 Å². The van der Waals surface area contributed by atoms with Gasteiger partial charge in [-0.25, -0.2) is 0 Å². The number of hydrogen-bond acceptors (Lipinski definition) is 1. The molecule has 0 aromatic heterocycles. The van der Waals surface area contributed by atoms with Crippen LogP contribution >= 0.6 is 0 Å². The molecule has 0 aliphatic heterocycles. The first kappa shape index (κ1) is 12.5. The Bertz CT molecular complexity index is 213. The third-order valence-corrected chi connectivity index (χ3v) is 3.85. The molecule has 0 spiro atoms. The van der Waals surface area contributed by atoms with Crippen molar-refractivity contribution in [3.8, 4) is 0 Å². The van der Waals surface area contributed by atoms with Gasteiger partial charge >= 0.3 is 0 Å². The summed E-state index contributed by atoms with van der Waals surface area (Å²) >= 11 is 0. The summed E-state index contributed by atoms with van der Waals surface area (Å²) in [6, 6.07) is 0.442. The first-order chi connectivity index (χ1) is 7.00. The van der Waals surface area contributed by atoms with Crippen LogP contribution in [0.2, 0.25) is 0 Å². The van der Waals surface area contributed by atoms with E-state index >= 15 is 0 Å². The summed E-state index contributed by atoms with van der Waals surface area (Å²) in [6.07, 6.45) is 4.39. The molecular formula is C13H25NO. The molecule has 1 amide bonds. The van der Waals surface area contributed by atoms with Crippen molar-refractivity contribution >= 4 is 5.91 Å². The Morgan fingerprint density at radius 3 is 2.47 bits per heavy atom. The van der Waals surface area contributed by atoms with E-state index in [2.05, 4.69) is 33.0 Å². The molecule has 15 heavy (non-hydrogen) atoms. The number of rotatable bonds is 4. The molecule has 1 saturated carbocycles. The summed E-state index contributed by atoms with van der Waals surface area (Å²) in [5, 5.41) is 3.18. The minimum atomic E-state index is 0.245. The van der Waals surface area contributed by atoms with Crippen LogP contribution in [0.3, 0.4) is 0 Å². The van der Waals surface area contributed by atoms with Gasteiger partial charge in [0, 0.05) is 12.5 Å². The molecule has 0 heterocycles. The summed E-state index contributed by atoms with van der Waals surface area (Å²) in [6.45, 7) is 8.75. The first-order valence-electron chi connectivity index (χ1n) is 6.30. The molecule has 2 nitrogen and oxygen atoms in total. The van der Waals surface area contributed by atoms with Gasteiger partial charge in [0.1, 0.15) is 0 Å². The van der Waals surface area contributed by atoms with Crippen molar-refractivity contribution in [3.05, 3.63) is 0 Å². The second-order valence-corrected chi connectivity index (χ2v) is 5.51. The summed E-state index contributed by atoms with van der Waals surface area (Å²) in [7, 11) is 0. The van der Waals surface area contributed by atoms with E-state index in [1.54, 1.807) is 0 Å². The van der Waals surface area contributed by atoms with Gasteiger partial charge in [-0.3, -0.25) is 4.79 Å². The summed E-state index contributed by atoms with van der Waals surface area (Å²) in [5.41, 5.74) is 0. The molecule has 0 unspecified atom stereocenters. The van der Waals surface area contributed by atoms with E-state index in [1.165, 1.54) is 19.3 Å². The van der Waals surface area contributed by atoms with E-state index in [9.17, 15) is 4.79 Å². The molecule has 0 radical (unpaired) electrons. The summed E-state index contributed by atoms with van der Waals surface area (Å²) < 4.78 is 0. The molecule has 0 aromatic carbocycles. The lowest BCUT2D eigenvalue weighted by atomic mass is 9.94. The third-order valence-electron chi connectivity index (χ3n) is 3.85. The van der Waals surface area contributed by atoms with E-state index < -0.39 is 0 Å². The van der Waals surface area contributed by atoms with Crippen molar-refractivity contribution in [3.63, 3.8) is 0 Å². The maximum atomic E-state index is 11.7. The minimum Gasteiger partial charge on any atom is -0.353 e. The number of hydrogen-bond donors (Lipinski definition) is 1. The molecule has 2 heteroatoms. The quantitative estimate of drug-likeness (QED) is 0.761. The highest BCUT2D eigenvalue weighted by Gasteiger charge is 2.25. The average Bonchev–Trinajstić information content (AvgIpc) is 2.51. The Balaban J connectivity index is 2.29. The maximum Gasteiger partial charge on any atom is 0.220 e. The Kier molecular flexibility index (Phi) is 4.62. The van der Waals surface area contributed by atoms with Gasteiger partial charge in [-0.1, -0.05) is 34.1 Å². The fraction of sp³-hybridized carbons (Fsp3) is 0.923. The Labute approximate surface area is 93.8 Å². The number of amides is 1. The van der Waals surface area contributed by atoms with Crippen LogP contribution in [0.1, 0.15) is 53.4 Å². The van der Waals surface area contributed by atoms with Gasteiger partial charge in [-0.05, 0) is 30.6 Å². The first-order valence-corrected chi connectivity index (χ1v) is 6.30. The van der Waals surface area contributed by atoms with Crippen molar-refractivity contribution in [2.24, 2.45) is 17.8 Å². The monoisotopic (exact) mass is 211 g/mol. The number of carbonyl (C=O) groups is 1. The smallest absolute Gasteiger partial charge is 0.220 e. The third kappa shape index (κ3) is 3.84. The van der Waals surface area contributed by atoms with Gasteiger partial charge in [-0.2, -0.15) is 0 Å². The highest BCUT2D eigenvalue weighted by Crippen LogP contribution is 2.25. The SMILES string of the molecule is CC(C)[C@H](C)CC(=O)N[C@H]1CCC[C@H]1C. The van der Waals surface area contributed by atoms with Gasteiger partial charge < -0.3 is 5.32 Å². The molecule has 3 atom stereocenters. The molecule has 0 bridgehead atoms. The lowest BCUT2D eigenvalue weighted by Gasteiger charge is -2.20. The van der Waals surface area contributed by atoms with E-state index in [0.717, 1.165) is 0 Å². The predicted octanol–water partition coefficient (Wildman–Crippen LogP) is 2.97. The summed E-state index contributed by atoms with van der Waals surface area (Å²) in [4.78, 5) is 11.7. The van der Waals surface area contributed by atoms with Gasteiger partial charge in [0.15, 0.2) is 0 Å². The standard InChI is InChI=1S/C13H25NO/c1-9(2)11(4)8-13(15)14-12-7-5-6-10(12)3/h9-12H,5-8H2,1-4H3,(H,14,15)/t10-,11-,12+/m1/s1. The topological polar surface area (TPSA) is 29.1 Å². The van der Waals surface area contributed by atoms with Crippen LogP contribution in [0.4, 0.5) is 0 Å². The molecule has 1 aliphatic carbocycles. The molecule has 1 fully saturated rings. The minimum absolute atomic E-state index is 0.245. The Hall–Kier alpha value is -0.530. The fourth-order valence-electron chi connectivity index (χ4n) is 2.15. The van der Waals surface area contributed by atoms with Crippen LogP contribution in [0, 0.1) is 17.8 Å². The number of carbonyl (C=O) groups excluding carboxylic acids is 1. The number of nitrogens with one attached hydrogen (secondary N) is 1. The van der Waals surface area contributed by atoms with Crippen molar-refractivity contribution < 1.29 is 4.79 Å². The van der Waals surface area contributed by atoms with E-state index in [0.29, 0.717) is 30.2 Å². The summed E-state index contributed by atoms with van der Waals surface area (Å²) in [5.74, 6) is 2.00. The zero-order valence-electron chi connectivity index (χ0n) is 10.5. The van der Waals surface area contributed by atoms with Gasteiger partial charge in [0.2, 0.25) is 5.91 Å². The highest BCUT2D eigenvalue weighted by molar-refractivity contribution is 5.76. The fourth-order valence-corrected chi connectivity index (χ4v) is 2.15. The second-order valence-electron chi connectivity index (χ2n) is 5.51. The highest BCUT2D eigenvalue weighted by atomic mass is 16.1. The normalized spacial score (nSPS) is 28.1. The van der Waals surface area contributed by atoms with Gasteiger partial charge in [-0.15, -0.1) is 0 Å². The zero-order chi connectivity index (χ0) is 11.4. The lowest BCUT2D eigenvalue weighted by molar-refractivity contribution is -0.123. The van der Waals surface area contributed by atoms with Crippen molar-refractivity contribution in [1.29, 1.82) is 0 Å². The second kappa shape index (κ2) is 5.53. The van der Waals surface area contributed by atoms with Crippen LogP contribution in [0.15, 0.2) is 0 Å². The molecule has 0 saturated heterocycles. The largest absolute Gasteiger partial charge is 0.353 e. The molecule has 1 rings (SSSR count). The van der Waals surface area contributed by atoms with Crippen molar-refractivity contribution in [2.75, 3.05) is 0 Å². The van der Waals surface area contributed by atoms with Crippen LogP contribution < -0.4 is 5.32 Å². The molecular weight excluding hydrogens is 186 g/mol. The van der Waals surface area contributed by atoms with Crippen molar-refractivity contribution in [2.45, 2.75) is 59.4 Å². The maximum absolute atomic E-state index is 11.7. The average molecular weight is 211 g/mol. The molecule has 0 aromatic rings. The zero-order valence-corrected chi connectivity index (χ0v) is 10.5. The lowest BCUT2D eigenvalue weighted by Crippen LogP contribution is -2.37. The van der Waals surface area contributed by atoms with Crippen LogP contribution in [-0.4, -0.2) is 11.9 Å². The van der Waals surface area contributed by atoms with Gasteiger partial charge in [0.05, 0.1) is 0 Å². The molecule has 1 aliphatic rings. The van der Waals surface area contributed by atoms with Crippen molar-refractivity contribution in [1.82, 2.24) is 5.32 Å². The van der Waals surface area contributed by atoms with E-state index in [1.807, 2.05) is 0 Å². The molecule has 1 N–H and O–H groups in total. The van der Waals surface area contributed by atoms with Crippen LogP contribution in [0.25, 0.3) is 0 Å². The predicted molar refractivity (Wildman–Crippen MR) is 63.6 cm³/mol. The van der Waals surface area contributed by atoms with E-state index in [-0.39, 0.29) is 5.91 Å². The molecule has 88 valence electrons. The Morgan fingerprint density at radius 2 is 2.00 bits per heavy atom. The van der Waals surface area contributed by atoms with Crippen LogP contribution in [0.5, 0.6) is 0 Å². The van der Waals surface area contributed by atoms with Gasteiger partial charge in [0.25, 0.3) is 0 Å².